The Balaban J connectivity index is 2.56. The van der Waals surface area contributed by atoms with Crippen molar-refractivity contribution in [2.75, 3.05) is 0 Å². The third-order valence-corrected chi connectivity index (χ3v) is 3.72. The zero-order valence-corrected chi connectivity index (χ0v) is 12.0. The molecule has 0 aliphatic rings. The minimum atomic E-state index is -0.662. The van der Waals surface area contributed by atoms with Crippen molar-refractivity contribution in [3.63, 3.8) is 0 Å². The molecule has 2 rings (SSSR count). The van der Waals surface area contributed by atoms with Crippen molar-refractivity contribution in [2.24, 2.45) is 0 Å². The molecule has 0 fully saturated rings. The van der Waals surface area contributed by atoms with E-state index in [2.05, 4.69) is 25.9 Å². The Morgan fingerprint density at radius 2 is 1.89 bits per heavy atom. The van der Waals surface area contributed by atoms with Gasteiger partial charge in [0, 0.05) is 5.41 Å². The van der Waals surface area contributed by atoms with Crippen LogP contribution in [0.2, 0.25) is 0 Å². The number of hydrogen-bond acceptors (Lipinski definition) is 3. The molecule has 0 radical (unpaired) electrons. The molecule has 0 saturated heterocycles. The second-order valence-electron chi connectivity index (χ2n) is 4.68. The van der Waals surface area contributed by atoms with Gasteiger partial charge in [-0.25, -0.2) is 4.39 Å². The van der Waals surface area contributed by atoms with E-state index in [4.69, 9.17) is 0 Å². The van der Waals surface area contributed by atoms with Gasteiger partial charge in [0.15, 0.2) is 0 Å². The SMILES string of the molecule is CC(C)(c1ccc(F)cc1)c1nc(O)c(Br)c(=O)[nH]1. The van der Waals surface area contributed by atoms with Crippen molar-refractivity contribution in [1.29, 1.82) is 0 Å². The molecule has 1 heterocycles. The molecule has 0 amide bonds. The molecule has 1 aromatic carbocycles. The molecule has 19 heavy (non-hydrogen) atoms. The van der Waals surface area contributed by atoms with Crippen LogP contribution < -0.4 is 5.56 Å². The maximum absolute atomic E-state index is 12.9. The average Bonchev–Trinajstić information content (AvgIpc) is 2.35. The summed E-state index contributed by atoms with van der Waals surface area (Å²) in [5, 5.41) is 9.60. The summed E-state index contributed by atoms with van der Waals surface area (Å²) in [5.74, 6) is -0.390. The Morgan fingerprint density at radius 1 is 1.32 bits per heavy atom. The van der Waals surface area contributed by atoms with Crippen molar-refractivity contribution in [3.8, 4) is 5.88 Å². The molecular weight excluding hydrogens is 315 g/mol. The van der Waals surface area contributed by atoms with E-state index < -0.39 is 11.0 Å². The molecule has 0 unspecified atom stereocenters. The summed E-state index contributed by atoms with van der Waals surface area (Å²) < 4.78 is 12.9. The monoisotopic (exact) mass is 326 g/mol. The zero-order chi connectivity index (χ0) is 14.2. The van der Waals surface area contributed by atoms with Crippen molar-refractivity contribution in [1.82, 2.24) is 9.97 Å². The van der Waals surface area contributed by atoms with Crippen LogP contribution in [0.3, 0.4) is 0 Å². The van der Waals surface area contributed by atoms with Crippen LogP contribution in [0, 0.1) is 5.82 Å². The van der Waals surface area contributed by atoms with Gasteiger partial charge in [0.05, 0.1) is 0 Å². The Morgan fingerprint density at radius 3 is 2.42 bits per heavy atom. The van der Waals surface area contributed by atoms with Gasteiger partial charge >= 0.3 is 0 Å². The summed E-state index contributed by atoms with van der Waals surface area (Å²) >= 11 is 2.94. The van der Waals surface area contributed by atoms with E-state index in [9.17, 15) is 14.3 Å². The smallest absolute Gasteiger partial charge is 0.269 e. The van der Waals surface area contributed by atoms with E-state index in [1.807, 2.05) is 13.8 Å². The predicted octanol–water partition coefficient (Wildman–Crippen LogP) is 2.70. The molecule has 100 valence electrons. The summed E-state index contributed by atoms with van der Waals surface area (Å²) in [6.45, 7) is 3.65. The van der Waals surface area contributed by atoms with Crippen LogP contribution in [0.4, 0.5) is 4.39 Å². The molecule has 0 bridgehead atoms. The maximum atomic E-state index is 12.9. The minimum Gasteiger partial charge on any atom is -0.492 e. The van der Waals surface area contributed by atoms with Gasteiger partial charge in [-0.2, -0.15) is 4.98 Å². The summed E-state index contributed by atoms with van der Waals surface area (Å²) in [4.78, 5) is 18.2. The van der Waals surface area contributed by atoms with Gasteiger partial charge in [-0.1, -0.05) is 12.1 Å². The standard InChI is InChI=1S/C13H12BrFN2O2/c1-13(2,7-3-5-8(15)6-4-7)12-16-10(18)9(14)11(19)17-12/h3-6H,1-2H3,(H2,16,17,18,19). The van der Waals surface area contributed by atoms with Crippen molar-refractivity contribution >= 4 is 15.9 Å². The van der Waals surface area contributed by atoms with Gasteiger partial charge in [0.2, 0.25) is 5.88 Å². The van der Waals surface area contributed by atoms with E-state index in [0.717, 1.165) is 5.56 Å². The lowest BCUT2D eigenvalue weighted by atomic mass is 9.84. The number of nitrogens with zero attached hydrogens (tertiary/aromatic N) is 1. The molecule has 2 aromatic rings. The summed E-state index contributed by atoms with van der Waals surface area (Å²) in [6.07, 6.45) is 0. The topological polar surface area (TPSA) is 66.0 Å². The van der Waals surface area contributed by atoms with E-state index >= 15 is 0 Å². The van der Waals surface area contributed by atoms with Gasteiger partial charge in [0.25, 0.3) is 5.56 Å². The van der Waals surface area contributed by atoms with Crippen LogP contribution in [-0.2, 0) is 5.41 Å². The van der Waals surface area contributed by atoms with Crippen LogP contribution in [0.1, 0.15) is 25.2 Å². The predicted molar refractivity (Wildman–Crippen MR) is 72.8 cm³/mol. The lowest BCUT2D eigenvalue weighted by molar-refractivity contribution is 0.435. The zero-order valence-electron chi connectivity index (χ0n) is 10.4. The normalized spacial score (nSPS) is 11.6. The van der Waals surface area contributed by atoms with E-state index in [-0.39, 0.29) is 16.2 Å². The minimum absolute atomic E-state index is 0.00819. The fraction of sp³-hybridized carbons (Fsp3) is 0.231. The number of H-pyrrole nitrogens is 1. The third kappa shape index (κ3) is 2.53. The molecule has 2 N–H and O–H groups in total. The van der Waals surface area contributed by atoms with E-state index in [0.29, 0.717) is 5.82 Å². The third-order valence-electron chi connectivity index (χ3n) is 3.00. The highest BCUT2D eigenvalue weighted by atomic mass is 79.9. The largest absolute Gasteiger partial charge is 0.492 e. The molecule has 1 aromatic heterocycles. The van der Waals surface area contributed by atoms with Crippen LogP contribution in [0.25, 0.3) is 0 Å². The first-order valence-corrected chi connectivity index (χ1v) is 6.37. The number of aromatic nitrogens is 2. The highest BCUT2D eigenvalue weighted by Gasteiger charge is 2.27. The number of halogens is 2. The molecule has 0 spiro atoms. The number of hydrogen-bond donors (Lipinski definition) is 2. The first kappa shape index (κ1) is 13.7. The van der Waals surface area contributed by atoms with Gasteiger partial charge in [-0.05, 0) is 47.5 Å². The van der Waals surface area contributed by atoms with Crippen molar-refractivity contribution in [2.45, 2.75) is 19.3 Å². The molecule has 0 saturated carbocycles. The number of aromatic amines is 1. The molecule has 4 nitrogen and oxygen atoms in total. The van der Waals surface area contributed by atoms with Gasteiger partial charge in [0.1, 0.15) is 16.1 Å². The highest BCUT2D eigenvalue weighted by molar-refractivity contribution is 9.10. The lowest BCUT2D eigenvalue weighted by Gasteiger charge is -2.24. The van der Waals surface area contributed by atoms with Crippen LogP contribution >= 0.6 is 15.9 Å². The van der Waals surface area contributed by atoms with Crippen LogP contribution in [0.5, 0.6) is 5.88 Å². The Bertz CT molecular complexity index is 665. The van der Waals surface area contributed by atoms with Crippen LogP contribution in [0.15, 0.2) is 33.5 Å². The summed E-state index contributed by atoms with van der Waals surface area (Å²) in [5.41, 5.74) is -0.346. The van der Waals surface area contributed by atoms with Crippen LogP contribution in [-0.4, -0.2) is 15.1 Å². The first-order chi connectivity index (χ1) is 8.82. The van der Waals surface area contributed by atoms with Crippen molar-refractivity contribution in [3.05, 3.63) is 56.3 Å². The lowest BCUT2D eigenvalue weighted by Crippen LogP contribution is -2.26. The molecule has 0 aliphatic heterocycles. The highest BCUT2D eigenvalue weighted by Crippen LogP contribution is 2.30. The van der Waals surface area contributed by atoms with Gasteiger partial charge in [-0.15, -0.1) is 0 Å². The summed E-state index contributed by atoms with van der Waals surface area (Å²) in [6, 6.07) is 5.92. The fourth-order valence-electron chi connectivity index (χ4n) is 1.75. The van der Waals surface area contributed by atoms with Gasteiger partial charge in [-0.3, -0.25) is 4.79 Å². The number of nitrogens with one attached hydrogen (secondary N) is 1. The molecule has 0 atom stereocenters. The Hall–Kier alpha value is -1.69. The second-order valence-corrected chi connectivity index (χ2v) is 5.48. The maximum Gasteiger partial charge on any atom is 0.269 e. The second kappa shape index (κ2) is 4.77. The summed E-state index contributed by atoms with van der Waals surface area (Å²) in [7, 11) is 0. The van der Waals surface area contributed by atoms with E-state index in [1.165, 1.54) is 12.1 Å². The molecule has 0 aliphatic carbocycles. The average molecular weight is 327 g/mol. The Kier molecular flexibility index (Phi) is 3.45. The first-order valence-electron chi connectivity index (χ1n) is 5.57. The number of rotatable bonds is 2. The quantitative estimate of drug-likeness (QED) is 0.891. The molecule has 6 heteroatoms. The van der Waals surface area contributed by atoms with Crippen molar-refractivity contribution < 1.29 is 9.50 Å². The number of aromatic hydroxyl groups is 1. The Labute approximate surface area is 117 Å². The fourth-order valence-corrected chi connectivity index (χ4v) is 1.93. The van der Waals surface area contributed by atoms with Gasteiger partial charge < -0.3 is 10.1 Å². The number of benzene rings is 1. The molecular formula is C13H12BrFN2O2. The van der Waals surface area contributed by atoms with E-state index in [1.54, 1.807) is 12.1 Å².